The van der Waals surface area contributed by atoms with Crippen LogP contribution < -0.4 is 10.6 Å². The first-order valence-electron chi connectivity index (χ1n) is 8.17. The number of rotatable bonds is 3. The van der Waals surface area contributed by atoms with Crippen LogP contribution in [0.4, 0.5) is 5.69 Å². The van der Waals surface area contributed by atoms with Crippen LogP contribution in [0.15, 0.2) is 42.6 Å². The highest BCUT2D eigenvalue weighted by Gasteiger charge is 2.20. The summed E-state index contributed by atoms with van der Waals surface area (Å²) in [6.45, 7) is 2.66. The molecule has 2 N–H and O–H groups in total. The molecule has 0 saturated carbocycles. The van der Waals surface area contributed by atoms with Gasteiger partial charge in [0.2, 0.25) is 5.91 Å². The van der Waals surface area contributed by atoms with Gasteiger partial charge in [-0.05, 0) is 24.3 Å². The molecule has 0 saturated heterocycles. The van der Waals surface area contributed by atoms with Crippen LogP contribution in [0.1, 0.15) is 17.4 Å². The number of amides is 2. The molecule has 0 bridgehead atoms. The van der Waals surface area contributed by atoms with E-state index in [9.17, 15) is 9.59 Å². The van der Waals surface area contributed by atoms with Gasteiger partial charge in [0.1, 0.15) is 11.4 Å². The first-order valence-corrected chi connectivity index (χ1v) is 8.17. The van der Waals surface area contributed by atoms with Gasteiger partial charge < -0.3 is 10.6 Å². The van der Waals surface area contributed by atoms with E-state index in [2.05, 4.69) is 25.7 Å². The number of hydrogen-bond acceptors (Lipinski definition) is 5. The lowest BCUT2D eigenvalue weighted by Gasteiger charge is -2.13. The van der Waals surface area contributed by atoms with E-state index in [-0.39, 0.29) is 11.8 Å². The number of aromatic nitrogens is 4. The summed E-state index contributed by atoms with van der Waals surface area (Å²) in [4.78, 5) is 32.0. The zero-order valence-corrected chi connectivity index (χ0v) is 14.1. The van der Waals surface area contributed by atoms with Crippen LogP contribution in [0, 0.1) is 0 Å². The lowest BCUT2D eigenvalue weighted by atomic mass is 10.1. The van der Waals surface area contributed by atoms with Gasteiger partial charge >= 0.3 is 0 Å². The van der Waals surface area contributed by atoms with Crippen LogP contribution in [-0.4, -0.2) is 38.1 Å². The standard InChI is InChI=1S/C18H16N6O2/c1-11(25)21-13-4-2-3-12(9-13)17-19-6-5-14(22-17)15-10-16-18(26)20-7-8-24(16)23-15/h2-6,9-10H,7-8H2,1H3,(H,20,26)(H,21,25). The van der Waals surface area contributed by atoms with Crippen molar-refractivity contribution in [1.29, 1.82) is 0 Å². The zero-order valence-electron chi connectivity index (χ0n) is 14.1. The Labute approximate surface area is 149 Å². The first-order chi connectivity index (χ1) is 12.6. The third-order valence-electron chi connectivity index (χ3n) is 3.98. The molecule has 0 spiro atoms. The van der Waals surface area contributed by atoms with Gasteiger partial charge in [-0.1, -0.05) is 12.1 Å². The second-order valence-corrected chi connectivity index (χ2v) is 5.92. The summed E-state index contributed by atoms with van der Waals surface area (Å²) in [5, 5.41) is 10.0. The zero-order chi connectivity index (χ0) is 18.1. The number of carbonyl (C=O) groups is 2. The monoisotopic (exact) mass is 348 g/mol. The molecule has 0 unspecified atom stereocenters. The average molecular weight is 348 g/mol. The number of nitrogens with one attached hydrogen (secondary N) is 2. The third kappa shape index (κ3) is 3.04. The minimum atomic E-state index is -0.140. The van der Waals surface area contributed by atoms with Gasteiger partial charge in [-0.25, -0.2) is 9.97 Å². The highest BCUT2D eigenvalue weighted by atomic mass is 16.2. The van der Waals surface area contributed by atoms with Crippen molar-refractivity contribution < 1.29 is 9.59 Å². The SMILES string of the molecule is CC(=O)Nc1cccc(-c2nccc(-c3cc4n(n3)CCNC4=O)n2)c1. The fraction of sp³-hybridized carbons (Fsp3) is 0.167. The topological polar surface area (TPSA) is 102 Å². The van der Waals surface area contributed by atoms with E-state index < -0.39 is 0 Å². The molecule has 0 atom stereocenters. The maximum absolute atomic E-state index is 11.9. The summed E-state index contributed by atoms with van der Waals surface area (Å²) in [6, 6.07) is 10.8. The molecule has 0 fully saturated rings. The van der Waals surface area contributed by atoms with E-state index in [1.807, 2.05) is 18.2 Å². The first kappa shape index (κ1) is 15.9. The van der Waals surface area contributed by atoms with E-state index in [4.69, 9.17) is 0 Å². The van der Waals surface area contributed by atoms with Crippen LogP contribution in [0.3, 0.4) is 0 Å². The number of hydrogen-bond donors (Lipinski definition) is 2. The summed E-state index contributed by atoms with van der Waals surface area (Å²) in [5.74, 6) is 0.246. The Morgan fingerprint density at radius 3 is 2.92 bits per heavy atom. The van der Waals surface area contributed by atoms with Gasteiger partial charge in [0.25, 0.3) is 5.91 Å². The molecule has 4 rings (SSSR count). The lowest BCUT2D eigenvalue weighted by molar-refractivity contribution is -0.114. The number of fused-ring (bicyclic) bond motifs is 1. The summed E-state index contributed by atoms with van der Waals surface area (Å²) < 4.78 is 1.69. The highest BCUT2D eigenvalue weighted by Crippen LogP contribution is 2.23. The Hall–Kier alpha value is -3.55. The molecule has 8 nitrogen and oxygen atoms in total. The fourth-order valence-corrected chi connectivity index (χ4v) is 2.84. The van der Waals surface area contributed by atoms with E-state index in [1.165, 1.54) is 6.92 Å². The number of benzene rings is 1. The molecule has 0 radical (unpaired) electrons. The van der Waals surface area contributed by atoms with Crippen molar-refractivity contribution in [3.8, 4) is 22.8 Å². The summed E-state index contributed by atoms with van der Waals surface area (Å²) in [6.07, 6.45) is 1.65. The molecule has 3 aromatic rings. The molecular weight excluding hydrogens is 332 g/mol. The molecule has 1 aromatic carbocycles. The van der Waals surface area contributed by atoms with Crippen LogP contribution in [0.25, 0.3) is 22.8 Å². The number of nitrogens with zero attached hydrogens (tertiary/aromatic N) is 4. The Morgan fingerprint density at radius 1 is 1.23 bits per heavy atom. The normalized spacial score (nSPS) is 13.0. The van der Waals surface area contributed by atoms with Crippen molar-refractivity contribution in [1.82, 2.24) is 25.1 Å². The van der Waals surface area contributed by atoms with Gasteiger partial charge in [0.05, 0.1) is 12.2 Å². The molecule has 1 aliphatic heterocycles. The second-order valence-electron chi connectivity index (χ2n) is 5.92. The van der Waals surface area contributed by atoms with Crippen molar-refractivity contribution in [3.05, 3.63) is 48.3 Å². The predicted octanol–water partition coefficient (Wildman–Crippen LogP) is 1.71. The van der Waals surface area contributed by atoms with Gasteiger partial charge in [0.15, 0.2) is 5.82 Å². The quantitative estimate of drug-likeness (QED) is 0.750. The number of anilines is 1. The summed E-state index contributed by atoms with van der Waals surface area (Å²) in [5.41, 5.74) is 3.24. The Kier molecular flexibility index (Phi) is 3.92. The van der Waals surface area contributed by atoms with Crippen molar-refractivity contribution >= 4 is 17.5 Å². The molecule has 130 valence electrons. The van der Waals surface area contributed by atoms with Crippen molar-refractivity contribution in [2.75, 3.05) is 11.9 Å². The Balaban J connectivity index is 1.69. The fourth-order valence-electron chi connectivity index (χ4n) is 2.84. The minimum absolute atomic E-state index is 0.132. The maximum Gasteiger partial charge on any atom is 0.269 e. The molecule has 8 heteroatoms. The van der Waals surface area contributed by atoms with E-state index in [0.717, 1.165) is 5.56 Å². The minimum Gasteiger partial charge on any atom is -0.349 e. The largest absolute Gasteiger partial charge is 0.349 e. The van der Waals surface area contributed by atoms with Crippen LogP contribution in [0.2, 0.25) is 0 Å². The van der Waals surface area contributed by atoms with Crippen LogP contribution >= 0.6 is 0 Å². The van der Waals surface area contributed by atoms with Crippen molar-refractivity contribution in [2.45, 2.75) is 13.5 Å². The van der Waals surface area contributed by atoms with Crippen molar-refractivity contribution in [3.63, 3.8) is 0 Å². The van der Waals surface area contributed by atoms with Crippen LogP contribution in [0.5, 0.6) is 0 Å². The summed E-state index contributed by atoms with van der Waals surface area (Å²) in [7, 11) is 0. The molecule has 2 amide bonds. The molecule has 3 heterocycles. The lowest BCUT2D eigenvalue weighted by Crippen LogP contribution is -2.35. The van der Waals surface area contributed by atoms with E-state index in [1.54, 1.807) is 29.1 Å². The smallest absolute Gasteiger partial charge is 0.269 e. The Morgan fingerprint density at radius 2 is 2.12 bits per heavy atom. The summed E-state index contributed by atoms with van der Waals surface area (Å²) >= 11 is 0. The molecule has 2 aromatic heterocycles. The van der Waals surface area contributed by atoms with E-state index >= 15 is 0 Å². The van der Waals surface area contributed by atoms with Gasteiger partial charge in [0, 0.05) is 30.9 Å². The van der Waals surface area contributed by atoms with Gasteiger partial charge in [-0.15, -0.1) is 0 Å². The highest BCUT2D eigenvalue weighted by molar-refractivity contribution is 5.94. The molecule has 1 aliphatic rings. The molecule has 0 aliphatic carbocycles. The van der Waals surface area contributed by atoms with E-state index in [0.29, 0.717) is 41.7 Å². The average Bonchev–Trinajstić information content (AvgIpc) is 3.07. The van der Waals surface area contributed by atoms with Crippen molar-refractivity contribution in [2.24, 2.45) is 0 Å². The number of carbonyl (C=O) groups excluding carboxylic acids is 2. The molecule has 26 heavy (non-hydrogen) atoms. The maximum atomic E-state index is 11.9. The second kappa shape index (κ2) is 6.40. The molecular formula is C18H16N6O2. The van der Waals surface area contributed by atoms with Crippen LogP contribution in [-0.2, 0) is 11.3 Å². The predicted molar refractivity (Wildman–Crippen MR) is 95.3 cm³/mol. The van der Waals surface area contributed by atoms with Gasteiger partial charge in [-0.3, -0.25) is 14.3 Å². The Bertz CT molecular complexity index is 1010. The third-order valence-corrected chi connectivity index (χ3v) is 3.98. The van der Waals surface area contributed by atoms with Gasteiger partial charge in [-0.2, -0.15) is 5.10 Å².